The van der Waals surface area contributed by atoms with Crippen LogP contribution in [0.2, 0.25) is 0 Å². The third kappa shape index (κ3) is 3.83. The molecule has 0 N–H and O–H groups in total. The zero-order valence-electron chi connectivity index (χ0n) is 13.8. The molecule has 0 aliphatic carbocycles. The minimum atomic E-state index is -0.434. The number of hydrogen-bond donors (Lipinski definition) is 0. The Kier molecular flexibility index (Phi) is 5.63. The first-order valence-electron chi connectivity index (χ1n) is 7.62. The normalized spacial score (nSPS) is 11.8. The first kappa shape index (κ1) is 16.9. The number of aryl methyl sites for hydroxylation is 1. The molecule has 2 aromatic carbocycles. The first-order valence-corrected chi connectivity index (χ1v) is 7.62. The van der Waals surface area contributed by atoms with Crippen molar-refractivity contribution in [1.82, 2.24) is 0 Å². The molecular formula is C19H22O4. The van der Waals surface area contributed by atoms with Crippen LogP contribution in [0.3, 0.4) is 0 Å². The van der Waals surface area contributed by atoms with Gasteiger partial charge in [0.25, 0.3) is 0 Å². The van der Waals surface area contributed by atoms with E-state index < -0.39 is 5.97 Å². The lowest BCUT2D eigenvalue weighted by Crippen LogP contribution is -2.23. The van der Waals surface area contributed by atoms with E-state index in [0.717, 1.165) is 33.9 Å². The van der Waals surface area contributed by atoms with Crippen LogP contribution in [0.5, 0.6) is 11.5 Å². The standard InChI is InChI=1S/C19H22O4/c1-5-14(23-18(20)6-2)12-22-19-13(3)11-17(21-4)15-9-7-8-10-16(15)19/h6-11,14H,2,5,12H2,1,3-4H3. The van der Waals surface area contributed by atoms with Crippen molar-refractivity contribution in [3.8, 4) is 11.5 Å². The lowest BCUT2D eigenvalue weighted by Gasteiger charge is -2.19. The van der Waals surface area contributed by atoms with Crippen molar-refractivity contribution in [3.05, 3.63) is 48.6 Å². The molecule has 0 spiro atoms. The van der Waals surface area contributed by atoms with Crippen LogP contribution in [0, 0.1) is 6.92 Å². The van der Waals surface area contributed by atoms with Gasteiger partial charge in [-0.15, -0.1) is 0 Å². The molecule has 0 aliphatic rings. The van der Waals surface area contributed by atoms with E-state index in [1.54, 1.807) is 7.11 Å². The van der Waals surface area contributed by atoms with E-state index >= 15 is 0 Å². The van der Waals surface area contributed by atoms with Crippen LogP contribution in [-0.2, 0) is 9.53 Å². The smallest absolute Gasteiger partial charge is 0.330 e. The minimum absolute atomic E-state index is 0.299. The number of hydrogen-bond acceptors (Lipinski definition) is 4. The summed E-state index contributed by atoms with van der Waals surface area (Å²) in [6.07, 6.45) is 1.53. The van der Waals surface area contributed by atoms with Gasteiger partial charge >= 0.3 is 5.97 Å². The molecule has 0 saturated heterocycles. The topological polar surface area (TPSA) is 44.8 Å². The van der Waals surface area contributed by atoms with Gasteiger partial charge in [-0.3, -0.25) is 0 Å². The van der Waals surface area contributed by atoms with Gasteiger partial charge in [-0.2, -0.15) is 0 Å². The van der Waals surface area contributed by atoms with E-state index in [1.807, 2.05) is 44.2 Å². The number of methoxy groups -OCH3 is 1. The average Bonchev–Trinajstić information content (AvgIpc) is 2.58. The van der Waals surface area contributed by atoms with Crippen LogP contribution in [0.4, 0.5) is 0 Å². The minimum Gasteiger partial charge on any atom is -0.496 e. The highest BCUT2D eigenvalue weighted by molar-refractivity contribution is 5.94. The zero-order chi connectivity index (χ0) is 16.8. The second-order valence-corrected chi connectivity index (χ2v) is 5.25. The zero-order valence-corrected chi connectivity index (χ0v) is 13.8. The van der Waals surface area contributed by atoms with Gasteiger partial charge < -0.3 is 14.2 Å². The maximum Gasteiger partial charge on any atom is 0.330 e. The summed E-state index contributed by atoms with van der Waals surface area (Å²) in [5.41, 5.74) is 0.977. The number of ether oxygens (including phenoxy) is 3. The van der Waals surface area contributed by atoms with Crippen LogP contribution >= 0.6 is 0 Å². The molecule has 1 atom stereocenters. The molecule has 0 saturated carbocycles. The number of esters is 1. The Bertz CT molecular complexity index is 706. The van der Waals surface area contributed by atoms with E-state index in [0.29, 0.717) is 13.0 Å². The summed E-state index contributed by atoms with van der Waals surface area (Å²) in [7, 11) is 1.66. The van der Waals surface area contributed by atoms with Crippen LogP contribution in [-0.4, -0.2) is 25.8 Å². The molecule has 122 valence electrons. The Morgan fingerprint density at radius 2 is 2.00 bits per heavy atom. The first-order chi connectivity index (χ1) is 11.1. The predicted octanol–water partition coefficient (Wildman–Crippen LogP) is 4.04. The Hall–Kier alpha value is -2.49. The third-order valence-electron chi connectivity index (χ3n) is 3.68. The second kappa shape index (κ2) is 7.68. The maximum absolute atomic E-state index is 11.3. The summed E-state index contributed by atoms with van der Waals surface area (Å²) < 4.78 is 16.7. The number of benzene rings is 2. The lowest BCUT2D eigenvalue weighted by atomic mass is 10.0. The third-order valence-corrected chi connectivity index (χ3v) is 3.68. The molecular weight excluding hydrogens is 292 g/mol. The summed E-state index contributed by atoms with van der Waals surface area (Å²) in [4.78, 5) is 11.3. The molecule has 1 unspecified atom stereocenters. The van der Waals surface area contributed by atoms with Crippen molar-refractivity contribution in [2.24, 2.45) is 0 Å². The van der Waals surface area contributed by atoms with Crippen molar-refractivity contribution in [2.45, 2.75) is 26.4 Å². The van der Waals surface area contributed by atoms with Crippen LogP contribution in [0.15, 0.2) is 43.0 Å². The maximum atomic E-state index is 11.3. The van der Waals surface area contributed by atoms with Gasteiger partial charge in [-0.05, 0) is 25.0 Å². The van der Waals surface area contributed by atoms with Gasteiger partial charge in [-0.25, -0.2) is 4.79 Å². The van der Waals surface area contributed by atoms with Gasteiger partial charge in [0, 0.05) is 16.8 Å². The summed E-state index contributed by atoms with van der Waals surface area (Å²) >= 11 is 0. The molecule has 0 heterocycles. The van der Waals surface area contributed by atoms with Crippen LogP contribution < -0.4 is 9.47 Å². The van der Waals surface area contributed by atoms with Crippen molar-refractivity contribution in [1.29, 1.82) is 0 Å². The van der Waals surface area contributed by atoms with Crippen molar-refractivity contribution in [3.63, 3.8) is 0 Å². The quantitative estimate of drug-likeness (QED) is 0.571. The summed E-state index contributed by atoms with van der Waals surface area (Å²) in [5, 5.41) is 1.97. The summed E-state index contributed by atoms with van der Waals surface area (Å²) in [6.45, 7) is 7.63. The SMILES string of the molecule is C=CC(=O)OC(CC)COc1c(C)cc(OC)c2ccccc12. The van der Waals surface area contributed by atoms with Gasteiger partial charge in [-0.1, -0.05) is 37.8 Å². The summed E-state index contributed by atoms with van der Waals surface area (Å²) in [6, 6.07) is 9.87. The molecule has 2 aromatic rings. The van der Waals surface area contributed by atoms with Gasteiger partial charge in [0.05, 0.1) is 7.11 Å². The average molecular weight is 314 g/mol. The number of rotatable bonds is 7. The second-order valence-electron chi connectivity index (χ2n) is 5.25. The van der Waals surface area contributed by atoms with Crippen molar-refractivity contribution < 1.29 is 19.0 Å². The number of fused-ring (bicyclic) bond motifs is 1. The van der Waals surface area contributed by atoms with E-state index in [1.165, 1.54) is 0 Å². The van der Waals surface area contributed by atoms with E-state index in [-0.39, 0.29) is 6.10 Å². The van der Waals surface area contributed by atoms with Crippen molar-refractivity contribution in [2.75, 3.05) is 13.7 Å². The predicted molar refractivity (Wildman–Crippen MR) is 91.1 cm³/mol. The highest BCUT2D eigenvalue weighted by Crippen LogP contribution is 2.36. The Morgan fingerprint density at radius 1 is 1.30 bits per heavy atom. The highest BCUT2D eigenvalue weighted by Gasteiger charge is 2.15. The summed E-state index contributed by atoms with van der Waals surface area (Å²) in [5.74, 6) is 1.17. The molecule has 0 aliphatic heterocycles. The Labute approximate surface area is 136 Å². The van der Waals surface area contributed by atoms with Gasteiger partial charge in [0.1, 0.15) is 24.2 Å². The molecule has 0 aromatic heterocycles. The fourth-order valence-corrected chi connectivity index (χ4v) is 2.43. The molecule has 2 rings (SSSR count). The molecule has 0 bridgehead atoms. The van der Waals surface area contributed by atoms with E-state index in [9.17, 15) is 4.79 Å². The fraction of sp³-hybridized carbons (Fsp3) is 0.316. The molecule has 4 heteroatoms. The van der Waals surface area contributed by atoms with E-state index in [4.69, 9.17) is 14.2 Å². The molecule has 4 nitrogen and oxygen atoms in total. The Balaban J connectivity index is 2.27. The molecule has 0 fully saturated rings. The number of carbonyl (C=O) groups is 1. The molecule has 0 amide bonds. The van der Waals surface area contributed by atoms with Gasteiger partial charge in [0.15, 0.2) is 0 Å². The highest BCUT2D eigenvalue weighted by atomic mass is 16.6. The monoisotopic (exact) mass is 314 g/mol. The lowest BCUT2D eigenvalue weighted by molar-refractivity contribution is -0.144. The fourth-order valence-electron chi connectivity index (χ4n) is 2.43. The molecule has 23 heavy (non-hydrogen) atoms. The molecule has 0 radical (unpaired) electrons. The van der Waals surface area contributed by atoms with Crippen LogP contribution in [0.25, 0.3) is 10.8 Å². The van der Waals surface area contributed by atoms with Crippen LogP contribution in [0.1, 0.15) is 18.9 Å². The Morgan fingerprint density at radius 3 is 2.61 bits per heavy atom. The number of carbonyl (C=O) groups excluding carboxylic acids is 1. The van der Waals surface area contributed by atoms with E-state index in [2.05, 4.69) is 6.58 Å². The largest absolute Gasteiger partial charge is 0.496 e. The van der Waals surface area contributed by atoms with Gasteiger partial charge in [0.2, 0.25) is 0 Å². The van der Waals surface area contributed by atoms with Crippen molar-refractivity contribution >= 4 is 16.7 Å².